The maximum absolute atomic E-state index is 8.49. The number of nitrogens with one attached hydrogen (secondary N) is 2. The van der Waals surface area contributed by atoms with Gasteiger partial charge in [0.2, 0.25) is 0 Å². The van der Waals surface area contributed by atoms with Crippen LogP contribution in [0.2, 0.25) is 0 Å². The van der Waals surface area contributed by atoms with Crippen molar-refractivity contribution >= 4 is 11.4 Å². The van der Waals surface area contributed by atoms with Gasteiger partial charge in [-0.1, -0.05) is 105 Å². The highest BCUT2D eigenvalue weighted by molar-refractivity contribution is 6.02. The topological polar surface area (TPSA) is 54.3 Å². The van der Waals surface area contributed by atoms with Crippen molar-refractivity contribution in [1.29, 1.82) is 5.41 Å². The fourth-order valence-corrected chi connectivity index (χ4v) is 4.26. The largest absolute Gasteiger partial charge is 0.491 e. The van der Waals surface area contributed by atoms with E-state index in [0.717, 1.165) is 27.9 Å². The molecule has 0 atom stereocenters. The number of benzene rings is 4. The molecule has 4 aromatic carbocycles. The molecule has 0 bridgehead atoms. The zero-order valence-corrected chi connectivity index (χ0v) is 21.6. The number of anilines is 1. The summed E-state index contributed by atoms with van der Waals surface area (Å²) in [5, 5.41) is 12.4. The Morgan fingerprint density at radius 2 is 1.19 bits per heavy atom. The fraction of sp³-hybridized carbons (Fsp3) is 0.219. The zero-order chi connectivity index (χ0) is 25.8. The molecule has 0 saturated carbocycles. The van der Waals surface area contributed by atoms with E-state index >= 15 is 0 Å². The lowest BCUT2D eigenvalue weighted by Gasteiger charge is -2.38. The lowest BCUT2D eigenvalue weighted by molar-refractivity contribution is 0.146. The predicted molar refractivity (Wildman–Crippen MR) is 150 cm³/mol. The molecule has 0 saturated heterocycles. The van der Waals surface area contributed by atoms with Crippen molar-refractivity contribution in [2.24, 2.45) is 0 Å². The van der Waals surface area contributed by atoms with Crippen LogP contribution in [-0.4, -0.2) is 26.0 Å². The summed E-state index contributed by atoms with van der Waals surface area (Å²) < 4.78 is 10.9. The first-order valence-electron chi connectivity index (χ1n) is 12.4. The second kappa shape index (κ2) is 13.3. The minimum atomic E-state index is -0.660. The van der Waals surface area contributed by atoms with Crippen molar-refractivity contribution < 1.29 is 9.47 Å². The molecule has 0 fully saturated rings. The van der Waals surface area contributed by atoms with Crippen LogP contribution in [0.25, 0.3) is 0 Å². The minimum absolute atomic E-state index is 0.460. The molecule has 2 N–H and O–H groups in total. The van der Waals surface area contributed by atoms with Crippen LogP contribution in [0.1, 0.15) is 43.0 Å². The minimum Gasteiger partial charge on any atom is -0.491 e. The second-order valence-electron chi connectivity index (χ2n) is 8.15. The zero-order valence-electron chi connectivity index (χ0n) is 21.6. The van der Waals surface area contributed by atoms with Gasteiger partial charge in [-0.2, -0.15) is 0 Å². The number of ether oxygens (including phenoxy) is 2. The van der Waals surface area contributed by atoms with E-state index < -0.39 is 5.54 Å². The van der Waals surface area contributed by atoms with Crippen molar-refractivity contribution in [2.75, 3.05) is 25.6 Å². The van der Waals surface area contributed by atoms with Gasteiger partial charge < -0.3 is 20.2 Å². The van der Waals surface area contributed by atoms with Crippen LogP contribution in [0.5, 0.6) is 5.75 Å². The first kappa shape index (κ1) is 26.7. The van der Waals surface area contributed by atoms with Crippen LogP contribution >= 0.6 is 0 Å². The Morgan fingerprint density at radius 3 is 1.61 bits per heavy atom. The van der Waals surface area contributed by atoms with Gasteiger partial charge in [-0.25, -0.2) is 0 Å². The summed E-state index contributed by atoms with van der Waals surface area (Å²) in [5.41, 5.74) is 4.80. The van der Waals surface area contributed by atoms with Crippen LogP contribution in [0.3, 0.4) is 0 Å². The van der Waals surface area contributed by atoms with Gasteiger partial charge in [-0.15, -0.1) is 0 Å². The number of hydrogen-bond donors (Lipinski definition) is 2. The van der Waals surface area contributed by atoms with E-state index in [0.29, 0.717) is 24.7 Å². The monoisotopic (exact) mass is 480 g/mol. The number of rotatable bonds is 10. The normalized spacial score (nSPS) is 10.7. The summed E-state index contributed by atoms with van der Waals surface area (Å²) in [5.74, 6) is 0.717. The van der Waals surface area contributed by atoms with Gasteiger partial charge in [0.15, 0.2) is 0 Å². The van der Waals surface area contributed by atoms with E-state index in [1.54, 1.807) is 14.0 Å². The van der Waals surface area contributed by atoms with Gasteiger partial charge in [0.25, 0.3) is 0 Å². The molecular formula is C32H36N2O2. The highest BCUT2D eigenvalue weighted by Gasteiger charge is 2.36. The Kier molecular flexibility index (Phi) is 9.84. The predicted octanol–water partition coefficient (Wildman–Crippen LogP) is 7.53. The van der Waals surface area contributed by atoms with Gasteiger partial charge >= 0.3 is 0 Å². The molecule has 36 heavy (non-hydrogen) atoms. The van der Waals surface area contributed by atoms with Crippen molar-refractivity contribution in [1.82, 2.24) is 0 Å². The Balaban J connectivity index is 0.00000176. The van der Waals surface area contributed by atoms with Gasteiger partial charge in [-0.3, -0.25) is 0 Å². The summed E-state index contributed by atoms with van der Waals surface area (Å²) in [7, 11) is 1.65. The van der Waals surface area contributed by atoms with Crippen molar-refractivity contribution in [3.05, 3.63) is 131 Å². The van der Waals surface area contributed by atoms with Crippen molar-refractivity contribution in [3.63, 3.8) is 0 Å². The molecule has 186 valence electrons. The quantitative estimate of drug-likeness (QED) is 0.140. The molecule has 0 aromatic heterocycles. The standard InChI is InChI=1S/C30H30N2O2.C2H6/c1-23(31)28-22-27(34-21-20-33-2)18-19-29(28)32-30(24-12-6-3-7-13-24,25-14-8-4-9-15-25)26-16-10-5-11-17-26;1-2/h3-19,22,31-32H,20-21H2,1-2H3;1-2H3. The van der Waals surface area contributed by atoms with E-state index in [1.165, 1.54) is 0 Å². The average molecular weight is 481 g/mol. The maximum atomic E-state index is 8.49. The highest BCUT2D eigenvalue weighted by Crippen LogP contribution is 2.41. The van der Waals surface area contributed by atoms with Crippen LogP contribution in [0, 0.1) is 5.41 Å². The molecule has 0 aliphatic heterocycles. The smallest absolute Gasteiger partial charge is 0.120 e. The van der Waals surface area contributed by atoms with Gasteiger partial charge in [0.05, 0.1) is 6.61 Å². The summed E-state index contributed by atoms with van der Waals surface area (Å²) in [6, 6.07) is 37.2. The molecule has 4 aromatic rings. The molecule has 0 amide bonds. The first-order valence-corrected chi connectivity index (χ1v) is 12.4. The molecule has 0 heterocycles. The lowest BCUT2D eigenvalue weighted by Crippen LogP contribution is -2.38. The summed E-state index contributed by atoms with van der Waals surface area (Å²) in [6.45, 7) is 6.77. The fourth-order valence-electron chi connectivity index (χ4n) is 4.26. The third kappa shape index (κ3) is 6.02. The van der Waals surface area contributed by atoms with Crippen LogP contribution in [0.15, 0.2) is 109 Å². The van der Waals surface area contributed by atoms with E-state index in [-0.39, 0.29) is 0 Å². The molecule has 0 spiro atoms. The molecule has 4 heteroatoms. The Hall–Kier alpha value is -3.89. The third-order valence-electron chi connectivity index (χ3n) is 5.89. The van der Waals surface area contributed by atoms with Crippen LogP contribution in [-0.2, 0) is 10.3 Å². The van der Waals surface area contributed by atoms with E-state index in [9.17, 15) is 0 Å². The maximum Gasteiger partial charge on any atom is 0.120 e. The summed E-state index contributed by atoms with van der Waals surface area (Å²) >= 11 is 0. The second-order valence-corrected chi connectivity index (χ2v) is 8.15. The SMILES string of the molecule is CC.COCCOc1ccc(NC(c2ccccc2)(c2ccccc2)c2ccccc2)c(C(C)=N)c1. The third-order valence-corrected chi connectivity index (χ3v) is 5.89. The van der Waals surface area contributed by atoms with Gasteiger partial charge in [0, 0.05) is 24.1 Å². The Bertz CT molecular complexity index is 1110. The number of methoxy groups -OCH3 is 1. The first-order chi connectivity index (χ1) is 17.6. The molecule has 0 unspecified atom stereocenters. The van der Waals surface area contributed by atoms with Crippen LogP contribution in [0.4, 0.5) is 5.69 Å². The highest BCUT2D eigenvalue weighted by atomic mass is 16.5. The lowest BCUT2D eigenvalue weighted by atomic mass is 9.76. The molecule has 0 aliphatic rings. The average Bonchev–Trinajstić information content (AvgIpc) is 2.95. The molecule has 4 rings (SSSR count). The van der Waals surface area contributed by atoms with Crippen molar-refractivity contribution in [3.8, 4) is 5.75 Å². The van der Waals surface area contributed by atoms with Crippen LogP contribution < -0.4 is 10.1 Å². The van der Waals surface area contributed by atoms with Gasteiger partial charge in [0.1, 0.15) is 17.9 Å². The van der Waals surface area contributed by atoms with E-state index in [1.807, 2.05) is 50.2 Å². The molecule has 0 radical (unpaired) electrons. The van der Waals surface area contributed by atoms with Gasteiger partial charge in [-0.05, 0) is 41.8 Å². The Morgan fingerprint density at radius 1 is 0.722 bits per heavy atom. The summed E-state index contributed by atoms with van der Waals surface area (Å²) in [6.07, 6.45) is 0. The van der Waals surface area contributed by atoms with Crippen molar-refractivity contribution in [2.45, 2.75) is 26.3 Å². The number of hydrogen-bond acceptors (Lipinski definition) is 4. The van der Waals surface area contributed by atoms with E-state index in [2.05, 4.69) is 78.1 Å². The molecule has 4 nitrogen and oxygen atoms in total. The summed E-state index contributed by atoms with van der Waals surface area (Å²) in [4.78, 5) is 0. The molecule has 0 aliphatic carbocycles. The Labute approximate surface area is 215 Å². The molecular weight excluding hydrogens is 444 g/mol. The van der Waals surface area contributed by atoms with E-state index in [4.69, 9.17) is 14.9 Å².